The molecule has 5 aromatic rings. The molecule has 0 aliphatic heterocycles. The first-order valence-corrected chi connectivity index (χ1v) is 11.3. The number of para-hydroxylation sites is 1. The van der Waals surface area contributed by atoms with Crippen LogP contribution in [0.1, 0.15) is 5.56 Å². The quantitative estimate of drug-likeness (QED) is 0.284. The Morgan fingerprint density at radius 3 is 2.24 bits per heavy atom. The average Bonchev–Trinajstić information content (AvgIpc) is 3.62. The van der Waals surface area contributed by atoms with Crippen LogP contribution >= 0.6 is 0 Å². The minimum Gasteiger partial charge on any atom is -0.493 e. The van der Waals surface area contributed by atoms with Crippen LogP contribution < -0.4 is 29.0 Å². The van der Waals surface area contributed by atoms with Gasteiger partial charge in [0.15, 0.2) is 34.4 Å². The molecule has 0 unspecified atom stereocenters. The lowest BCUT2D eigenvalue weighted by Crippen LogP contribution is -2.09. The number of hydrogen-bond acceptors (Lipinski definition) is 10. The van der Waals surface area contributed by atoms with E-state index in [1.54, 1.807) is 69.5 Å². The molecule has 190 valence electrons. The Kier molecular flexibility index (Phi) is 6.66. The Morgan fingerprint density at radius 1 is 0.811 bits per heavy atom. The first kappa shape index (κ1) is 23.8. The van der Waals surface area contributed by atoms with Crippen molar-refractivity contribution in [1.29, 1.82) is 0 Å². The van der Waals surface area contributed by atoms with E-state index in [-0.39, 0.29) is 5.88 Å². The van der Waals surface area contributed by atoms with E-state index >= 15 is 0 Å². The third kappa shape index (κ3) is 4.79. The Hall–Kier alpha value is -4.93. The number of aromatic nitrogens is 4. The van der Waals surface area contributed by atoms with Crippen molar-refractivity contribution in [2.75, 3.05) is 33.8 Å². The Morgan fingerprint density at radius 2 is 1.57 bits per heavy atom. The van der Waals surface area contributed by atoms with E-state index in [4.69, 9.17) is 28.1 Å². The molecule has 0 spiro atoms. The number of fused-ring (bicyclic) bond motifs is 1. The van der Waals surface area contributed by atoms with E-state index in [0.717, 1.165) is 5.56 Å². The number of nitrogens with one attached hydrogen (secondary N) is 1. The van der Waals surface area contributed by atoms with E-state index in [2.05, 4.69) is 20.4 Å². The molecular weight excluding hydrogens is 478 g/mol. The first-order chi connectivity index (χ1) is 18.1. The largest absolute Gasteiger partial charge is 0.493 e. The van der Waals surface area contributed by atoms with Crippen LogP contribution in [-0.4, -0.2) is 48.0 Å². The van der Waals surface area contributed by atoms with E-state index < -0.39 is 0 Å². The van der Waals surface area contributed by atoms with Crippen LogP contribution in [0.5, 0.6) is 34.6 Å². The summed E-state index contributed by atoms with van der Waals surface area (Å²) >= 11 is 0. The smallest absolute Gasteiger partial charge is 0.229 e. The van der Waals surface area contributed by atoms with Crippen molar-refractivity contribution in [3.05, 3.63) is 66.4 Å². The van der Waals surface area contributed by atoms with E-state index in [9.17, 15) is 0 Å². The zero-order valence-corrected chi connectivity index (χ0v) is 20.7. The summed E-state index contributed by atoms with van der Waals surface area (Å²) in [6.45, 7) is 0.417. The van der Waals surface area contributed by atoms with Crippen molar-refractivity contribution < 1.29 is 28.1 Å². The summed E-state index contributed by atoms with van der Waals surface area (Å²) in [6, 6.07) is 16.3. The monoisotopic (exact) mass is 503 g/mol. The van der Waals surface area contributed by atoms with Gasteiger partial charge in [-0.3, -0.25) is 0 Å². The SMILES string of the molecule is COc1ccc(CNc2nc(Oc3c(OC)cccc3OC)cc3nc(-c4ccco4)nn23)cc1OC. The fraction of sp³-hybridized carbons (Fsp3) is 0.192. The highest BCUT2D eigenvalue weighted by atomic mass is 16.5. The molecule has 2 aromatic carbocycles. The normalized spacial score (nSPS) is 10.8. The van der Waals surface area contributed by atoms with Crippen LogP contribution in [0, 0.1) is 0 Å². The van der Waals surface area contributed by atoms with Crippen molar-refractivity contribution in [1.82, 2.24) is 19.6 Å². The molecule has 0 aliphatic carbocycles. The molecule has 0 saturated carbocycles. The number of methoxy groups -OCH3 is 4. The maximum Gasteiger partial charge on any atom is 0.229 e. The topological polar surface area (TPSA) is 114 Å². The number of hydrogen-bond donors (Lipinski definition) is 1. The van der Waals surface area contributed by atoms with Gasteiger partial charge in [-0.2, -0.15) is 9.50 Å². The number of benzene rings is 2. The van der Waals surface area contributed by atoms with Gasteiger partial charge in [-0.15, -0.1) is 5.10 Å². The molecule has 5 rings (SSSR count). The third-order valence-corrected chi connectivity index (χ3v) is 5.53. The van der Waals surface area contributed by atoms with Gasteiger partial charge in [0.2, 0.25) is 23.4 Å². The molecule has 1 N–H and O–H groups in total. The molecule has 3 aromatic heterocycles. The minimum absolute atomic E-state index is 0.267. The van der Waals surface area contributed by atoms with Crippen molar-refractivity contribution >= 4 is 11.6 Å². The number of furan rings is 1. The molecule has 0 bridgehead atoms. The van der Waals surface area contributed by atoms with Gasteiger partial charge in [0.05, 0.1) is 34.7 Å². The van der Waals surface area contributed by atoms with Gasteiger partial charge in [-0.1, -0.05) is 12.1 Å². The van der Waals surface area contributed by atoms with E-state index in [1.807, 2.05) is 24.3 Å². The summed E-state index contributed by atoms with van der Waals surface area (Å²) in [6.07, 6.45) is 1.57. The van der Waals surface area contributed by atoms with Crippen molar-refractivity contribution in [2.45, 2.75) is 6.54 Å². The van der Waals surface area contributed by atoms with Gasteiger partial charge in [-0.05, 0) is 42.0 Å². The van der Waals surface area contributed by atoms with Crippen molar-refractivity contribution in [3.63, 3.8) is 0 Å². The highest BCUT2D eigenvalue weighted by Gasteiger charge is 2.18. The first-order valence-electron chi connectivity index (χ1n) is 11.3. The molecule has 0 amide bonds. The molecule has 0 radical (unpaired) electrons. The number of nitrogens with zero attached hydrogens (tertiary/aromatic N) is 4. The van der Waals surface area contributed by atoms with Gasteiger partial charge in [-0.25, -0.2) is 4.98 Å². The zero-order chi connectivity index (χ0) is 25.8. The van der Waals surface area contributed by atoms with Crippen LogP contribution in [0.15, 0.2) is 65.3 Å². The standard InChI is InChI=1S/C26H25N5O6/c1-32-17-11-10-16(13-21(17)35-4)15-27-26-29-23(37-24-18(33-2)7-5-8-19(24)34-3)14-22-28-25(30-31(22)26)20-9-6-12-36-20/h5-14H,15H2,1-4H3,(H,27,29). The summed E-state index contributed by atoms with van der Waals surface area (Å²) in [5.74, 6) is 4.27. The molecule has 11 nitrogen and oxygen atoms in total. The lowest BCUT2D eigenvalue weighted by Gasteiger charge is -2.14. The summed E-state index contributed by atoms with van der Waals surface area (Å²) in [7, 11) is 6.31. The molecule has 3 heterocycles. The highest BCUT2D eigenvalue weighted by molar-refractivity contribution is 5.58. The second kappa shape index (κ2) is 10.4. The second-order valence-electron chi connectivity index (χ2n) is 7.74. The number of ether oxygens (including phenoxy) is 5. The minimum atomic E-state index is 0.267. The maximum atomic E-state index is 6.15. The van der Waals surface area contributed by atoms with Gasteiger partial charge >= 0.3 is 0 Å². The number of anilines is 1. The summed E-state index contributed by atoms with van der Waals surface area (Å²) < 4.78 is 34.9. The lowest BCUT2D eigenvalue weighted by molar-refractivity contribution is 0.342. The maximum absolute atomic E-state index is 6.15. The van der Waals surface area contributed by atoms with Crippen molar-refractivity contribution in [2.24, 2.45) is 0 Å². The Bertz CT molecular complexity index is 1490. The molecule has 0 atom stereocenters. The highest BCUT2D eigenvalue weighted by Crippen LogP contribution is 2.40. The molecular formula is C26H25N5O6. The van der Waals surface area contributed by atoms with Crippen LogP contribution in [0.4, 0.5) is 5.95 Å². The van der Waals surface area contributed by atoms with E-state index in [1.165, 1.54) is 0 Å². The summed E-state index contributed by atoms with van der Waals surface area (Å²) in [4.78, 5) is 9.27. The van der Waals surface area contributed by atoms with Crippen LogP contribution in [0.25, 0.3) is 17.2 Å². The van der Waals surface area contributed by atoms with Gasteiger partial charge < -0.3 is 33.4 Å². The van der Waals surface area contributed by atoms with Crippen LogP contribution in [-0.2, 0) is 6.54 Å². The van der Waals surface area contributed by atoms with Crippen LogP contribution in [0.2, 0.25) is 0 Å². The van der Waals surface area contributed by atoms with Gasteiger partial charge in [0, 0.05) is 12.6 Å². The Balaban J connectivity index is 1.54. The predicted octanol–water partition coefficient (Wildman–Crippen LogP) is 4.82. The predicted molar refractivity (Wildman–Crippen MR) is 135 cm³/mol. The zero-order valence-electron chi connectivity index (χ0n) is 20.7. The molecule has 0 saturated heterocycles. The third-order valence-electron chi connectivity index (χ3n) is 5.53. The fourth-order valence-electron chi connectivity index (χ4n) is 3.74. The van der Waals surface area contributed by atoms with E-state index in [0.29, 0.717) is 58.5 Å². The fourth-order valence-corrected chi connectivity index (χ4v) is 3.74. The lowest BCUT2D eigenvalue weighted by atomic mass is 10.2. The average molecular weight is 504 g/mol. The van der Waals surface area contributed by atoms with Crippen molar-refractivity contribution in [3.8, 4) is 46.2 Å². The molecule has 37 heavy (non-hydrogen) atoms. The molecule has 11 heteroatoms. The van der Waals surface area contributed by atoms with Gasteiger partial charge in [0.25, 0.3) is 0 Å². The van der Waals surface area contributed by atoms with Gasteiger partial charge in [0.1, 0.15) is 0 Å². The Labute approximate surface area is 212 Å². The summed E-state index contributed by atoms with van der Waals surface area (Å²) in [5.41, 5.74) is 1.44. The molecule has 0 aliphatic rings. The number of rotatable bonds is 10. The van der Waals surface area contributed by atoms with Crippen LogP contribution in [0.3, 0.4) is 0 Å². The molecule has 0 fully saturated rings. The summed E-state index contributed by atoms with van der Waals surface area (Å²) in [5, 5.41) is 7.90. The second-order valence-corrected chi connectivity index (χ2v) is 7.74.